The molecule has 1 aromatic heterocycles. The Morgan fingerprint density at radius 2 is 2.06 bits per heavy atom. The molecule has 5 heteroatoms. The second-order valence-corrected chi connectivity index (χ2v) is 3.77. The van der Waals surface area contributed by atoms with Gasteiger partial charge in [-0.15, -0.1) is 0 Å². The Bertz CT molecular complexity index is 313. The minimum atomic E-state index is -0.176. The van der Waals surface area contributed by atoms with E-state index in [-0.39, 0.29) is 6.03 Å². The summed E-state index contributed by atoms with van der Waals surface area (Å²) in [5, 5.41) is 5.52. The highest BCUT2D eigenvalue weighted by molar-refractivity contribution is 5.88. The van der Waals surface area contributed by atoms with Crippen LogP contribution in [0.5, 0.6) is 0 Å². The van der Waals surface area contributed by atoms with Gasteiger partial charge < -0.3 is 15.5 Å². The molecule has 0 fully saturated rings. The third-order valence-electron chi connectivity index (χ3n) is 2.01. The number of carbonyl (C=O) groups excluding carboxylic acids is 1. The fraction of sp³-hybridized carbons (Fsp3) is 0.455. The maximum Gasteiger partial charge on any atom is 0.319 e. The van der Waals surface area contributed by atoms with Crippen molar-refractivity contribution in [2.24, 2.45) is 0 Å². The maximum atomic E-state index is 11.4. The van der Waals surface area contributed by atoms with Crippen LogP contribution >= 0.6 is 0 Å². The zero-order valence-electron chi connectivity index (χ0n) is 9.73. The number of amides is 2. The fourth-order valence-corrected chi connectivity index (χ4v) is 1.21. The molecule has 1 aromatic rings. The number of nitrogens with one attached hydrogen (secondary N) is 2. The van der Waals surface area contributed by atoms with Gasteiger partial charge in [-0.1, -0.05) is 0 Å². The van der Waals surface area contributed by atoms with Gasteiger partial charge >= 0.3 is 6.03 Å². The number of rotatable bonds is 5. The van der Waals surface area contributed by atoms with Gasteiger partial charge in [0.05, 0.1) is 0 Å². The number of carbonyl (C=O) groups is 1. The standard InChI is InChI=1S/C11H18N4O/c1-15(2)9-3-6-13-11(16)14-10-4-7-12-8-5-10/h4-5,7-8H,3,6,9H2,1-2H3,(H2,12,13,14,16). The molecule has 5 nitrogen and oxygen atoms in total. The molecule has 0 aliphatic rings. The fourth-order valence-electron chi connectivity index (χ4n) is 1.21. The first kappa shape index (κ1) is 12.4. The monoisotopic (exact) mass is 222 g/mol. The number of anilines is 1. The van der Waals surface area contributed by atoms with Crippen LogP contribution in [0.25, 0.3) is 0 Å². The van der Waals surface area contributed by atoms with Gasteiger partial charge in [0.2, 0.25) is 0 Å². The molecule has 0 spiro atoms. The molecule has 1 heterocycles. The first-order valence-electron chi connectivity index (χ1n) is 5.28. The molecule has 88 valence electrons. The Labute approximate surface area is 95.9 Å². The minimum Gasteiger partial charge on any atom is -0.338 e. The van der Waals surface area contributed by atoms with Crippen molar-refractivity contribution in [3.05, 3.63) is 24.5 Å². The molecule has 0 saturated carbocycles. The molecule has 0 atom stereocenters. The summed E-state index contributed by atoms with van der Waals surface area (Å²) in [5.41, 5.74) is 0.750. The van der Waals surface area contributed by atoms with E-state index in [1.165, 1.54) is 0 Å². The predicted octanol–water partition coefficient (Wildman–Crippen LogP) is 1.15. The molecule has 0 saturated heterocycles. The zero-order chi connectivity index (χ0) is 11.8. The maximum absolute atomic E-state index is 11.4. The number of hydrogen-bond acceptors (Lipinski definition) is 3. The molecular formula is C11H18N4O. The van der Waals surface area contributed by atoms with E-state index in [9.17, 15) is 4.79 Å². The summed E-state index contributed by atoms with van der Waals surface area (Å²) in [4.78, 5) is 17.4. The average molecular weight is 222 g/mol. The second-order valence-electron chi connectivity index (χ2n) is 3.77. The number of nitrogens with zero attached hydrogens (tertiary/aromatic N) is 2. The summed E-state index contributed by atoms with van der Waals surface area (Å²) in [7, 11) is 4.02. The lowest BCUT2D eigenvalue weighted by Gasteiger charge is -2.10. The summed E-state index contributed by atoms with van der Waals surface area (Å²) in [5.74, 6) is 0. The van der Waals surface area contributed by atoms with Crippen LogP contribution in [-0.2, 0) is 0 Å². The summed E-state index contributed by atoms with van der Waals surface area (Å²) >= 11 is 0. The highest BCUT2D eigenvalue weighted by Gasteiger charge is 1.99. The molecule has 2 N–H and O–H groups in total. The van der Waals surface area contributed by atoms with Gasteiger partial charge in [0.1, 0.15) is 0 Å². The van der Waals surface area contributed by atoms with Gasteiger partial charge in [0.25, 0.3) is 0 Å². The van der Waals surface area contributed by atoms with Crippen LogP contribution in [0.3, 0.4) is 0 Å². The van der Waals surface area contributed by atoms with E-state index in [0.29, 0.717) is 6.54 Å². The van der Waals surface area contributed by atoms with E-state index < -0.39 is 0 Å². The summed E-state index contributed by atoms with van der Waals surface area (Å²) in [6, 6.07) is 3.32. The molecule has 0 bridgehead atoms. The highest BCUT2D eigenvalue weighted by atomic mass is 16.2. The van der Waals surface area contributed by atoms with Gasteiger partial charge in [-0.05, 0) is 39.2 Å². The molecule has 1 rings (SSSR count). The lowest BCUT2D eigenvalue weighted by Crippen LogP contribution is -2.31. The molecule has 0 aliphatic heterocycles. The number of aromatic nitrogens is 1. The van der Waals surface area contributed by atoms with Crippen molar-refractivity contribution in [3.63, 3.8) is 0 Å². The van der Waals surface area contributed by atoms with Crippen molar-refractivity contribution in [1.29, 1.82) is 0 Å². The number of hydrogen-bond donors (Lipinski definition) is 2. The second kappa shape index (κ2) is 6.79. The largest absolute Gasteiger partial charge is 0.338 e. The minimum absolute atomic E-state index is 0.176. The third kappa shape index (κ3) is 5.31. The van der Waals surface area contributed by atoms with Crippen LogP contribution in [0, 0.1) is 0 Å². The van der Waals surface area contributed by atoms with Crippen molar-refractivity contribution in [2.45, 2.75) is 6.42 Å². The Kier molecular flexibility index (Phi) is 5.28. The van der Waals surface area contributed by atoms with Gasteiger partial charge in [-0.25, -0.2) is 4.79 Å². The molecule has 0 aliphatic carbocycles. The van der Waals surface area contributed by atoms with Gasteiger partial charge in [-0.3, -0.25) is 4.98 Å². The molecule has 0 unspecified atom stereocenters. The van der Waals surface area contributed by atoms with Crippen molar-refractivity contribution >= 4 is 11.7 Å². The lowest BCUT2D eigenvalue weighted by atomic mass is 10.4. The van der Waals surface area contributed by atoms with Gasteiger partial charge in [0, 0.05) is 24.6 Å². The first-order valence-corrected chi connectivity index (χ1v) is 5.28. The Hall–Kier alpha value is -1.62. The van der Waals surface area contributed by atoms with E-state index in [1.807, 2.05) is 14.1 Å². The normalized spacial score (nSPS) is 10.2. The van der Waals surface area contributed by atoms with Crippen molar-refractivity contribution in [3.8, 4) is 0 Å². The van der Waals surface area contributed by atoms with Crippen molar-refractivity contribution in [2.75, 3.05) is 32.5 Å². The number of pyridine rings is 1. The molecule has 0 radical (unpaired) electrons. The lowest BCUT2D eigenvalue weighted by molar-refractivity contribution is 0.251. The van der Waals surface area contributed by atoms with Crippen molar-refractivity contribution in [1.82, 2.24) is 15.2 Å². The summed E-state index contributed by atoms with van der Waals surface area (Å²) in [6.45, 7) is 1.64. The zero-order valence-corrected chi connectivity index (χ0v) is 9.73. The van der Waals surface area contributed by atoms with Crippen LogP contribution in [-0.4, -0.2) is 43.1 Å². The summed E-state index contributed by atoms with van der Waals surface area (Å²) in [6.07, 6.45) is 4.22. The van der Waals surface area contributed by atoms with Crippen LogP contribution in [0.15, 0.2) is 24.5 Å². The van der Waals surface area contributed by atoms with Crippen LogP contribution in [0.4, 0.5) is 10.5 Å². The third-order valence-corrected chi connectivity index (χ3v) is 2.01. The van der Waals surface area contributed by atoms with Gasteiger partial charge in [-0.2, -0.15) is 0 Å². The number of urea groups is 1. The van der Waals surface area contributed by atoms with Crippen LogP contribution in [0.2, 0.25) is 0 Å². The average Bonchev–Trinajstić information content (AvgIpc) is 2.25. The van der Waals surface area contributed by atoms with Crippen molar-refractivity contribution < 1.29 is 4.79 Å². The van der Waals surface area contributed by atoms with E-state index in [4.69, 9.17) is 0 Å². The van der Waals surface area contributed by atoms with E-state index >= 15 is 0 Å². The van der Waals surface area contributed by atoms with E-state index in [1.54, 1.807) is 24.5 Å². The molecule has 2 amide bonds. The Morgan fingerprint density at radius 1 is 1.38 bits per heavy atom. The van der Waals surface area contributed by atoms with Gasteiger partial charge in [0.15, 0.2) is 0 Å². The predicted molar refractivity (Wildman–Crippen MR) is 64.4 cm³/mol. The quantitative estimate of drug-likeness (QED) is 0.735. The van der Waals surface area contributed by atoms with E-state index in [2.05, 4.69) is 20.5 Å². The molecule has 16 heavy (non-hydrogen) atoms. The molecular weight excluding hydrogens is 204 g/mol. The highest BCUT2D eigenvalue weighted by Crippen LogP contribution is 2.01. The van der Waals surface area contributed by atoms with Crippen LogP contribution < -0.4 is 10.6 Å². The Morgan fingerprint density at radius 3 is 2.69 bits per heavy atom. The molecule has 0 aromatic carbocycles. The van der Waals surface area contributed by atoms with E-state index in [0.717, 1.165) is 18.7 Å². The first-order chi connectivity index (χ1) is 7.68. The smallest absolute Gasteiger partial charge is 0.319 e. The van der Waals surface area contributed by atoms with Crippen LogP contribution in [0.1, 0.15) is 6.42 Å². The summed E-state index contributed by atoms with van der Waals surface area (Å²) < 4.78 is 0. The topological polar surface area (TPSA) is 57.3 Å². The Balaban J connectivity index is 2.17. The SMILES string of the molecule is CN(C)CCCNC(=O)Nc1ccncc1.